The van der Waals surface area contributed by atoms with Crippen molar-refractivity contribution in [3.05, 3.63) is 32.8 Å². The third-order valence-electron chi connectivity index (χ3n) is 3.14. The number of nitro benzene ring substituents is 1. The molecule has 0 saturated carbocycles. The minimum absolute atomic E-state index is 0.0136. The third-order valence-corrected chi connectivity index (χ3v) is 3.63. The van der Waals surface area contributed by atoms with Crippen molar-refractivity contribution >= 4 is 21.6 Å². The number of hydrogen-bond acceptors (Lipinski definition) is 3. The van der Waals surface area contributed by atoms with E-state index in [9.17, 15) is 10.1 Å². The van der Waals surface area contributed by atoms with Crippen LogP contribution in [0.25, 0.3) is 0 Å². The Labute approximate surface area is 122 Å². The second kappa shape index (κ2) is 8.15. The molecule has 0 bridgehead atoms. The van der Waals surface area contributed by atoms with Crippen LogP contribution >= 0.6 is 15.9 Å². The van der Waals surface area contributed by atoms with Crippen molar-refractivity contribution in [1.82, 2.24) is 0 Å². The summed E-state index contributed by atoms with van der Waals surface area (Å²) in [5.74, 6) is 0.811. The highest BCUT2D eigenvalue weighted by Crippen LogP contribution is 2.30. The summed E-state index contributed by atoms with van der Waals surface area (Å²) in [4.78, 5) is 10.6. The van der Waals surface area contributed by atoms with Crippen molar-refractivity contribution in [3.8, 4) is 5.75 Å². The van der Waals surface area contributed by atoms with Gasteiger partial charge in [0.2, 0.25) is 0 Å². The lowest BCUT2D eigenvalue weighted by atomic mass is 10.0. The molecule has 1 atom stereocenters. The summed E-state index contributed by atoms with van der Waals surface area (Å²) in [5, 5.41) is 11.0. The maximum Gasteiger partial charge on any atom is 0.312 e. The molecular formula is C14H20BrNO3. The molecule has 0 aliphatic rings. The normalized spacial score (nSPS) is 12.2. The molecule has 0 saturated heterocycles. The van der Waals surface area contributed by atoms with Crippen LogP contribution in [0, 0.1) is 16.0 Å². The lowest BCUT2D eigenvalue weighted by molar-refractivity contribution is -0.386. The number of nitrogens with zero attached hydrogens (tertiary/aromatic N) is 1. The minimum atomic E-state index is -0.410. The second-order valence-electron chi connectivity index (χ2n) is 4.60. The fraction of sp³-hybridized carbons (Fsp3) is 0.571. The first-order valence-electron chi connectivity index (χ1n) is 6.65. The van der Waals surface area contributed by atoms with Crippen LogP contribution in [0.4, 0.5) is 5.69 Å². The number of hydrogen-bond donors (Lipinski definition) is 0. The molecule has 1 rings (SSSR count). The van der Waals surface area contributed by atoms with E-state index in [1.54, 1.807) is 12.1 Å². The standard InChI is InChI=1S/C14H20BrNO3/c1-3-5-6-11(4-2)10-19-14-8-7-12(15)9-13(14)16(17)18/h7-9,11H,3-6,10H2,1-2H3. The lowest BCUT2D eigenvalue weighted by Crippen LogP contribution is -2.12. The van der Waals surface area contributed by atoms with E-state index in [2.05, 4.69) is 29.8 Å². The van der Waals surface area contributed by atoms with Crippen LogP contribution in [0.3, 0.4) is 0 Å². The van der Waals surface area contributed by atoms with Gasteiger partial charge in [-0.3, -0.25) is 10.1 Å². The highest BCUT2D eigenvalue weighted by Gasteiger charge is 2.17. The fourth-order valence-corrected chi connectivity index (χ4v) is 2.21. The Kier molecular flexibility index (Phi) is 6.84. The zero-order chi connectivity index (χ0) is 14.3. The van der Waals surface area contributed by atoms with Crippen LogP contribution in [0.1, 0.15) is 39.5 Å². The number of unbranched alkanes of at least 4 members (excludes halogenated alkanes) is 1. The molecule has 0 radical (unpaired) electrons. The van der Waals surface area contributed by atoms with Gasteiger partial charge in [-0.2, -0.15) is 0 Å². The number of benzene rings is 1. The number of nitro groups is 1. The van der Waals surface area contributed by atoms with Crippen LogP contribution in [-0.2, 0) is 0 Å². The fourth-order valence-electron chi connectivity index (χ4n) is 1.86. The molecule has 106 valence electrons. The van der Waals surface area contributed by atoms with Crippen molar-refractivity contribution in [3.63, 3.8) is 0 Å². The van der Waals surface area contributed by atoms with Gasteiger partial charge in [0.1, 0.15) is 0 Å². The molecule has 1 unspecified atom stereocenters. The van der Waals surface area contributed by atoms with Crippen LogP contribution in [0.15, 0.2) is 22.7 Å². The first kappa shape index (κ1) is 16.0. The Morgan fingerprint density at radius 2 is 2.16 bits per heavy atom. The predicted molar refractivity (Wildman–Crippen MR) is 79.6 cm³/mol. The molecule has 4 nitrogen and oxygen atoms in total. The van der Waals surface area contributed by atoms with Crippen molar-refractivity contribution in [2.75, 3.05) is 6.61 Å². The van der Waals surface area contributed by atoms with Gasteiger partial charge < -0.3 is 4.74 Å². The lowest BCUT2D eigenvalue weighted by Gasteiger charge is -2.15. The van der Waals surface area contributed by atoms with Gasteiger partial charge in [-0.25, -0.2) is 0 Å². The molecule has 0 aliphatic carbocycles. The summed E-state index contributed by atoms with van der Waals surface area (Å²) < 4.78 is 6.33. The van der Waals surface area contributed by atoms with E-state index in [1.165, 1.54) is 12.5 Å². The molecule has 0 aliphatic heterocycles. The SMILES string of the molecule is CCCCC(CC)COc1ccc(Br)cc1[N+](=O)[O-]. The summed E-state index contributed by atoms with van der Waals surface area (Å²) in [6.45, 7) is 4.83. The Bertz CT molecular complexity index is 423. The van der Waals surface area contributed by atoms with E-state index < -0.39 is 4.92 Å². The van der Waals surface area contributed by atoms with Crippen LogP contribution in [-0.4, -0.2) is 11.5 Å². The number of ether oxygens (including phenoxy) is 1. The van der Waals surface area contributed by atoms with Crippen LogP contribution < -0.4 is 4.74 Å². The maximum atomic E-state index is 11.0. The molecular weight excluding hydrogens is 310 g/mol. The average Bonchev–Trinajstić information content (AvgIpc) is 2.40. The quantitative estimate of drug-likeness (QED) is 0.500. The Morgan fingerprint density at radius 3 is 2.74 bits per heavy atom. The van der Waals surface area contributed by atoms with Crippen LogP contribution in [0.2, 0.25) is 0 Å². The molecule has 0 spiro atoms. The third kappa shape index (κ3) is 5.19. The van der Waals surface area contributed by atoms with Gasteiger partial charge in [-0.05, 0) is 24.5 Å². The molecule has 1 aromatic rings. The Hall–Kier alpha value is -1.10. The van der Waals surface area contributed by atoms with Gasteiger partial charge in [0.25, 0.3) is 0 Å². The van der Waals surface area contributed by atoms with E-state index in [1.807, 2.05) is 0 Å². The molecule has 5 heteroatoms. The molecule has 0 N–H and O–H groups in total. The highest BCUT2D eigenvalue weighted by atomic mass is 79.9. The van der Waals surface area contributed by atoms with Crippen LogP contribution in [0.5, 0.6) is 5.75 Å². The molecule has 0 heterocycles. The van der Waals surface area contributed by atoms with Crippen molar-refractivity contribution < 1.29 is 9.66 Å². The van der Waals surface area contributed by atoms with Gasteiger partial charge in [-0.1, -0.05) is 49.0 Å². The van der Waals surface area contributed by atoms with E-state index in [4.69, 9.17) is 4.74 Å². The summed E-state index contributed by atoms with van der Waals surface area (Å²) >= 11 is 3.23. The summed E-state index contributed by atoms with van der Waals surface area (Å²) in [5.41, 5.74) is 0.0136. The van der Waals surface area contributed by atoms with E-state index in [0.29, 0.717) is 22.7 Å². The van der Waals surface area contributed by atoms with Crippen molar-refractivity contribution in [2.24, 2.45) is 5.92 Å². The Balaban J connectivity index is 2.68. The summed E-state index contributed by atoms with van der Waals surface area (Å²) in [6, 6.07) is 4.88. The van der Waals surface area contributed by atoms with E-state index in [-0.39, 0.29) is 5.69 Å². The summed E-state index contributed by atoms with van der Waals surface area (Å²) in [7, 11) is 0. The number of halogens is 1. The minimum Gasteiger partial charge on any atom is -0.487 e. The average molecular weight is 330 g/mol. The van der Waals surface area contributed by atoms with Gasteiger partial charge in [-0.15, -0.1) is 0 Å². The predicted octanol–water partition coefficient (Wildman–Crippen LogP) is 4.95. The Morgan fingerprint density at radius 1 is 1.42 bits per heavy atom. The monoisotopic (exact) mass is 329 g/mol. The van der Waals surface area contributed by atoms with Gasteiger partial charge in [0.15, 0.2) is 5.75 Å². The molecule has 0 amide bonds. The van der Waals surface area contributed by atoms with Crippen molar-refractivity contribution in [2.45, 2.75) is 39.5 Å². The smallest absolute Gasteiger partial charge is 0.312 e. The second-order valence-corrected chi connectivity index (χ2v) is 5.51. The molecule has 0 aromatic heterocycles. The topological polar surface area (TPSA) is 52.4 Å². The van der Waals surface area contributed by atoms with Crippen molar-refractivity contribution in [1.29, 1.82) is 0 Å². The van der Waals surface area contributed by atoms with E-state index >= 15 is 0 Å². The first-order chi connectivity index (χ1) is 9.08. The zero-order valence-electron chi connectivity index (χ0n) is 11.4. The number of rotatable bonds is 8. The van der Waals surface area contributed by atoms with Gasteiger partial charge in [0.05, 0.1) is 11.5 Å². The largest absolute Gasteiger partial charge is 0.487 e. The van der Waals surface area contributed by atoms with E-state index in [0.717, 1.165) is 19.3 Å². The van der Waals surface area contributed by atoms with Gasteiger partial charge in [0, 0.05) is 10.5 Å². The first-order valence-corrected chi connectivity index (χ1v) is 7.44. The molecule has 0 fully saturated rings. The summed E-state index contributed by atoms with van der Waals surface area (Å²) in [6.07, 6.45) is 4.47. The molecule has 19 heavy (non-hydrogen) atoms. The zero-order valence-corrected chi connectivity index (χ0v) is 13.0. The highest BCUT2D eigenvalue weighted by molar-refractivity contribution is 9.10. The molecule has 1 aromatic carbocycles. The maximum absolute atomic E-state index is 11.0. The van der Waals surface area contributed by atoms with Gasteiger partial charge >= 0.3 is 5.69 Å².